The summed E-state index contributed by atoms with van der Waals surface area (Å²) in [5.74, 6) is 0.416. The molecule has 188 valence electrons. The van der Waals surface area contributed by atoms with E-state index in [1.54, 1.807) is 37.3 Å². The molecule has 3 amide bonds. The topological polar surface area (TPSA) is 79.4 Å². The van der Waals surface area contributed by atoms with Crippen LogP contribution in [0.1, 0.15) is 11.1 Å². The quantitative estimate of drug-likeness (QED) is 0.397. The lowest BCUT2D eigenvalue weighted by Gasteiger charge is -2.36. The van der Waals surface area contributed by atoms with Crippen LogP contribution >= 0.6 is 11.8 Å². The predicted octanol–water partition coefficient (Wildman–Crippen LogP) is 3.82. The average Bonchev–Trinajstić information content (AvgIpc) is 3.16. The van der Waals surface area contributed by atoms with Crippen molar-refractivity contribution in [2.75, 3.05) is 51.8 Å². The Morgan fingerprint density at radius 3 is 2.42 bits per heavy atom. The molecule has 36 heavy (non-hydrogen) atoms. The highest BCUT2D eigenvalue weighted by molar-refractivity contribution is 8.18. The van der Waals surface area contributed by atoms with Gasteiger partial charge in [0.05, 0.1) is 19.1 Å². The van der Waals surface area contributed by atoms with E-state index in [1.807, 2.05) is 36.4 Å². The molecule has 0 spiro atoms. The number of amides is 3. The minimum absolute atomic E-state index is 0.231. The Hall–Kier alpha value is -3.72. The molecule has 9 heteroatoms. The maximum Gasteiger partial charge on any atom is 0.294 e. The van der Waals surface area contributed by atoms with Gasteiger partial charge >= 0.3 is 0 Å². The van der Waals surface area contributed by atoms with Gasteiger partial charge < -0.3 is 19.3 Å². The van der Waals surface area contributed by atoms with Crippen molar-refractivity contribution < 1.29 is 23.9 Å². The second-order valence-electron chi connectivity index (χ2n) is 8.38. The number of carbonyl (C=O) groups is 3. The molecule has 4 rings (SSSR count). The summed E-state index contributed by atoms with van der Waals surface area (Å²) in [6, 6.07) is 13.7. The Morgan fingerprint density at radius 1 is 1.06 bits per heavy atom. The maximum absolute atomic E-state index is 13.0. The third-order valence-electron chi connectivity index (χ3n) is 6.16. The van der Waals surface area contributed by atoms with Crippen LogP contribution in [0.4, 0.5) is 10.5 Å². The fourth-order valence-electron chi connectivity index (χ4n) is 4.33. The minimum Gasteiger partial charge on any atom is -0.493 e. The molecule has 2 aliphatic rings. The first-order valence-electron chi connectivity index (χ1n) is 11.6. The second kappa shape index (κ2) is 11.3. The van der Waals surface area contributed by atoms with E-state index in [0.29, 0.717) is 49.7 Å². The van der Waals surface area contributed by atoms with Crippen LogP contribution in [0.15, 0.2) is 60.0 Å². The molecule has 0 aromatic heterocycles. The summed E-state index contributed by atoms with van der Waals surface area (Å²) >= 11 is 0.833. The summed E-state index contributed by atoms with van der Waals surface area (Å²) in [4.78, 5) is 43.8. The molecule has 2 aromatic carbocycles. The molecule has 2 saturated heterocycles. The van der Waals surface area contributed by atoms with Crippen molar-refractivity contribution in [1.29, 1.82) is 0 Å². The lowest BCUT2D eigenvalue weighted by atomic mass is 10.0. The summed E-state index contributed by atoms with van der Waals surface area (Å²) in [7, 11) is 3.10. The number of piperazine rings is 1. The first-order valence-corrected chi connectivity index (χ1v) is 12.5. The molecule has 2 heterocycles. The van der Waals surface area contributed by atoms with Crippen LogP contribution in [0.5, 0.6) is 11.5 Å². The van der Waals surface area contributed by atoms with Crippen molar-refractivity contribution in [2.24, 2.45) is 0 Å². The number of anilines is 1. The third kappa shape index (κ3) is 5.41. The molecule has 0 saturated carbocycles. The Labute approximate surface area is 215 Å². The van der Waals surface area contributed by atoms with Crippen molar-refractivity contribution in [3.05, 3.63) is 71.2 Å². The number of methoxy groups -OCH3 is 2. The number of imide groups is 1. The molecule has 0 unspecified atom stereocenters. The van der Waals surface area contributed by atoms with Gasteiger partial charge in [0.25, 0.3) is 11.1 Å². The molecular weight excluding hydrogens is 478 g/mol. The molecule has 2 aliphatic heterocycles. The van der Waals surface area contributed by atoms with Crippen molar-refractivity contribution in [1.82, 2.24) is 9.80 Å². The summed E-state index contributed by atoms with van der Waals surface area (Å²) in [6.45, 7) is 5.99. The van der Waals surface area contributed by atoms with E-state index in [1.165, 1.54) is 0 Å². The van der Waals surface area contributed by atoms with E-state index in [2.05, 4.69) is 11.5 Å². The number of hydrogen-bond acceptors (Lipinski definition) is 7. The lowest BCUT2D eigenvalue weighted by Crippen LogP contribution is -2.51. The van der Waals surface area contributed by atoms with Gasteiger partial charge in [0.15, 0.2) is 11.5 Å². The number of ether oxygens (including phenoxy) is 2. The van der Waals surface area contributed by atoms with Crippen LogP contribution in [0.3, 0.4) is 0 Å². The Bertz CT molecular complexity index is 1190. The van der Waals surface area contributed by atoms with Gasteiger partial charge in [0.2, 0.25) is 5.91 Å². The van der Waals surface area contributed by atoms with Gasteiger partial charge in [-0.1, -0.05) is 24.3 Å². The van der Waals surface area contributed by atoms with E-state index in [-0.39, 0.29) is 17.4 Å². The van der Waals surface area contributed by atoms with Gasteiger partial charge in [0.1, 0.15) is 6.54 Å². The zero-order valence-corrected chi connectivity index (χ0v) is 21.3. The molecule has 0 bridgehead atoms. The highest BCUT2D eigenvalue weighted by Crippen LogP contribution is 2.37. The summed E-state index contributed by atoms with van der Waals surface area (Å²) in [5, 5.41) is -0.450. The number of thioether (sulfide) groups is 1. The van der Waals surface area contributed by atoms with Crippen LogP contribution in [0.2, 0.25) is 0 Å². The fraction of sp³-hybridized carbons (Fsp3) is 0.296. The minimum atomic E-state index is -0.471. The van der Waals surface area contributed by atoms with Crippen molar-refractivity contribution in [3.8, 4) is 11.5 Å². The highest BCUT2D eigenvalue weighted by atomic mass is 32.2. The SMILES string of the molecule is C=CCc1cc(/C=C2\SC(=O)N(CC(=O)N3CCN(c4ccccc4)CC3)C2=O)cc(OC)c1OC. The smallest absolute Gasteiger partial charge is 0.294 e. The first-order chi connectivity index (χ1) is 17.4. The second-order valence-corrected chi connectivity index (χ2v) is 9.37. The number of benzene rings is 2. The molecule has 0 aliphatic carbocycles. The van der Waals surface area contributed by atoms with Gasteiger partial charge in [-0.3, -0.25) is 19.3 Å². The molecule has 0 N–H and O–H groups in total. The van der Waals surface area contributed by atoms with Gasteiger partial charge in [-0.2, -0.15) is 0 Å². The van der Waals surface area contributed by atoms with E-state index >= 15 is 0 Å². The monoisotopic (exact) mass is 507 g/mol. The number of para-hydroxylation sites is 1. The zero-order valence-electron chi connectivity index (χ0n) is 20.4. The average molecular weight is 508 g/mol. The Balaban J connectivity index is 1.43. The van der Waals surface area contributed by atoms with Crippen LogP contribution in [-0.2, 0) is 16.0 Å². The Kier molecular flexibility index (Phi) is 8.00. The fourth-order valence-corrected chi connectivity index (χ4v) is 5.17. The van der Waals surface area contributed by atoms with E-state index in [9.17, 15) is 14.4 Å². The highest BCUT2D eigenvalue weighted by Gasteiger charge is 2.37. The summed E-state index contributed by atoms with van der Waals surface area (Å²) < 4.78 is 10.9. The van der Waals surface area contributed by atoms with Crippen molar-refractivity contribution >= 4 is 40.6 Å². The van der Waals surface area contributed by atoms with Crippen LogP contribution in [0.25, 0.3) is 6.08 Å². The zero-order chi connectivity index (χ0) is 25.7. The predicted molar refractivity (Wildman–Crippen MR) is 141 cm³/mol. The summed E-state index contributed by atoms with van der Waals surface area (Å²) in [6.07, 6.45) is 3.94. The van der Waals surface area contributed by atoms with Gasteiger partial charge in [-0.25, -0.2) is 0 Å². The van der Waals surface area contributed by atoms with Gasteiger partial charge in [-0.05, 0) is 54.1 Å². The van der Waals surface area contributed by atoms with E-state index in [0.717, 1.165) is 27.9 Å². The maximum atomic E-state index is 13.0. The lowest BCUT2D eigenvalue weighted by molar-refractivity contribution is -0.136. The van der Waals surface area contributed by atoms with Crippen molar-refractivity contribution in [2.45, 2.75) is 6.42 Å². The van der Waals surface area contributed by atoms with Crippen LogP contribution < -0.4 is 14.4 Å². The number of nitrogens with zero attached hydrogens (tertiary/aromatic N) is 3. The number of carbonyl (C=O) groups excluding carboxylic acids is 3. The first kappa shape index (κ1) is 25.4. The molecule has 2 fully saturated rings. The van der Waals surface area contributed by atoms with Gasteiger partial charge in [0, 0.05) is 37.4 Å². The van der Waals surface area contributed by atoms with E-state index < -0.39 is 11.1 Å². The molecular formula is C27H29N3O5S. The largest absolute Gasteiger partial charge is 0.493 e. The normalized spacial score (nSPS) is 17.1. The van der Waals surface area contributed by atoms with Crippen LogP contribution in [-0.4, -0.2) is 73.8 Å². The standard InChI is InChI=1S/C27H29N3O5S/c1-4-8-20-15-19(16-22(34-2)25(20)35-3)17-23-26(32)30(27(33)36-23)18-24(31)29-13-11-28(12-14-29)21-9-6-5-7-10-21/h4-7,9-10,15-17H,1,8,11-14,18H2,2-3H3/b23-17-. The van der Waals surface area contributed by atoms with Gasteiger partial charge in [-0.15, -0.1) is 6.58 Å². The number of allylic oxidation sites excluding steroid dienone is 1. The summed E-state index contributed by atoms with van der Waals surface area (Å²) in [5.41, 5.74) is 2.66. The van der Waals surface area contributed by atoms with Crippen LogP contribution in [0, 0.1) is 0 Å². The molecule has 2 aromatic rings. The Morgan fingerprint density at radius 2 is 1.78 bits per heavy atom. The molecule has 0 atom stereocenters. The van der Waals surface area contributed by atoms with Crippen molar-refractivity contribution in [3.63, 3.8) is 0 Å². The molecule has 0 radical (unpaired) electrons. The number of hydrogen-bond donors (Lipinski definition) is 0. The third-order valence-corrected chi connectivity index (χ3v) is 7.07. The molecule has 8 nitrogen and oxygen atoms in total. The van der Waals surface area contributed by atoms with E-state index in [4.69, 9.17) is 9.47 Å². The number of rotatable bonds is 8.